The molecule has 0 spiro atoms. The normalized spacial score (nSPS) is 10.9. The van der Waals surface area contributed by atoms with Crippen molar-refractivity contribution < 1.29 is 32.0 Å². The molecule has 2 aromatic rings. The van der Waals surface area contributed by atoms with Crippen LogP contribution in [0.4, 0.5) is 28.9 Å². The number of isocyanates is 1. The molecule has 130 valence electrons. The molecule has 6 nitrogen and oxygen atoms in total. The number of carbonyl (C=O) groups excluding carboxylic acids is 1. The summed E-state index contributed by atoms with van der Waals surface area (Å²) < 4.78 is 56.9. The summed E-state index contributed by atoms with van der Waals surface area (Å²) in [7, 11) is 0. The van der Waals surface area contributed by atoms with E-state index in [2.05, 4.69) is 4.99 Å². The van der Waals surface area contributed by atoms with Crippen molar-refractivity contribution in [1.82, 2.24) is 0 Å². The fourth-order valence-corrected chi connectivity index (χ4v) is 2.08. The van der Waals surface area contributed by atoms with Gasteiger partial charge in [-0.05, 0) is 18.2 Å². The smallest absolute Gasteiger partial charge is 0.417 e. The molecule has 11 heteroatoms. The molecule has 0 saturated heterocycles. The largest absolute Gasteiger partial charge is 0.454 e. The molecule has 0 aliphatic rings. The lowest BCUT2D eigenvalue weighted by molar-refractivity contribution is -0.384. The Kier molecular flexibility index (Phi) is 5.05. The zero-order valence-electron chi connectivity index (χ0n) is 11.8. The van der Waals surface area contributed by atoms with Crippen LogP contribution >= 0.6 is 11.6 Å². The maximum absolute atomic E-state index is 14.0. The van der Waals surface area contributed by atoms with E-state index in [1.807, 2.05) is 0 Å². The van der Waals surface area contributed by atoms with Crippen LogP contribution < -0.4 is 4.74 Å². The maximum Gasteiger partial charge on any atom is 0.417 e. The first kappa shape index (κ1) is 18.4. The first-order valence-corrected chi connectivity index (χ1v) is 6.62. The lowest BCUT2D eigenvalue weighted by Gasteiger charge is -2.12. The molecule has 2 aromatic carbocycles. The highest BCUT2D eigenvalue weighted by molar-refractivity contribution is 6.31. The van der Waals surface area contributed by atoms with Crippen LogP contribution in [-0.2, 0) is 11.0 Å². The average Bonchev–Trinajstić information content (AvgIpc) is 2.51. The molecule has 2 rings (SSSR count). The predicted molar refractivity (Wildman–Crippen MR) is 77.4 cm³/mol. The summed E-state index contributed by atoms with van der Waals surface area (Å²) >= 11 is 5.36. The first-order valence-electron chi connectivity index (χ1n) is 6.24. The van der Waals surface area contributed by atoms with Crippen LogP contribution in [0.5, 0.6) is 11.5 Å². The van der Waals surface area contributed by atoms with Gasteiger partial charge < -0.3 is 4.74 Å². The molecule has 25 heavy (non-hydrogen) atoms. The van der Waals surface area contributed by atoms with Crippen molar-refractivity contribution in [2.45, 2.75) is 6.18 Å². The van der Waals surface area contributed by atoms with Gasteiger partial charge in [0.2, 0.25) is 6.08 Å². The summed E-state index contributed by atoms with van der Waals surface area (Å²) in [4.78, 5) is 23.4. The van der Waals surface area contributed by atoms with E-state index in [1.165, 1.54) is 0 Å². The van der Waals surface area contributed by atoms with Crippen LogP contribution in [0.3, 0.4) is 0 Å². The van der Waals surface area contributed by atoms with Crippen molar-refractivity contribution in [2.75, 3.05) is 0 Å². The van der Waals surface area contributed by atoms with E-state index in [1.54, 1.807) is 0 Å². The molecule has 0 saturated carbocycles. The van der Waals surface area contributed by atoms with Gasteiger partial charge in [0.15, 0.2) is 17.3 Å². The van der Waals surface area contributed by atoms with E-state index in [4.69, 9.17) is 16.3 Å². The van der Waals surface area contributed by atoms with E-state index in [0.717, 1.165) is 24.3 Å². The molecule has 0 fully saturated rings. The number of ether oxygens (including phenoxy) is 1. The number of rotatable bonds is 4. The number of hydrogen-bond acceptors (Lipinski definition) is 5. The highest BCUT2D eigenvalue weighted by Crippen LogP contribution is 2.40. The Bertz CT molecular complexity index is 895. The molecule has 0 unspecified atom stereocenters. The number of benzene rings is 2. The number of halogens is 5. The number of hydrogen-bond donors (Lipinski definition) is 0. The fourth-order valence-electron chi connectivity index (χ4n) is 1.82. The van der Waals surface area contributed by atoms with Crippen molar-refractivity contribution in [3.05, 3.63) is 56.8 Å². The molecule has 0 N–H and O–H groups in total. The molecule has 0 heterocycles. The molecule has 0 atom stereocenters. The van der Waals surface area contributed by atoms with Gasteiger partial charge in [-0.1, -0.05) is 11.6 Å². The van der Waals surface area contributed by atoms with Crippen molar-refractivity contribution in [2.24, 2.45) is 4.99 Å². The van der Waals surface area contributed by atoms with Crippen molar-refractivity contribution in [1.29, 1.82) is 0 Å². The maximum atomic E-state index is 14.0. The summed E-state index contributed by atoms with van der Waals surface area (Å²) in [5.41, 5.74) is -2.34. The molecular weight excluding hydrogens is 372 g/mol. The number of nitro groups is 1. The highest BCUT2D eigenvalue weighted by atomic mass is 35.5. The van der Waals surface area contributed by atoms with Gasteiger partial charge in [-0.2, -0.15) is 18.2 Å². The molecule has 0 aliphatic heterocycles. The minimum Gasteiger partial charge on any atom is -0.454 e. The van der Waals surface area contributed by atoms with E-state index in [0.29, 0.717) is 12.1 Å². The van der Waals surface area contributed by atoms with Gasteiger partial charge in [-0.25, -0.2) is 9.18 Å². The Morgan fingerprint density at radius 1 is 1.24 bits per heavy atom. The molecule has 0 aliphatic carbocycles. The Labute approximate surface area is 141 Å². The second-order valence-corrected chi connectivity index (χ2v) is 4.83. The number of nitrogens with zero attached hydrogens (tertiary/aromatic N) is 2. The highest BCUT2D eigenvalue weighted by Gasteiger charge is 2.35. The topological polar surface area (TPSA) is 81.8 Å². The Hall–Kier alpha value is -2.97. The second kappa shape index (κ2) is 6.88. The van der Waals surface area contributed by atoms with Crippen molar-refractivity contribution in [3.8, 4) is 11.5 Å². The minimum atomic E-state index is -4.85. The zero-order chi connectivity index (χ0) is 18.8. The van der Waals surface area contributed by atoms with E-state index >= 15 is 0 Å². The fraction of sp³-hybridized carbons (Fsp3) is 0.0714. The third-order valence-corrected chi connectivity index (χ3v) is 3.26. The average molecular weight is 377 g/mol. The lowest BCUT2D eigenvalue weighted by atomic mass is 10.2. The van der Waals surface area contributed by atoms with Gasteiger partial charge in [0, 0.05) is 12.1 Å². The second-order valence-electron chi connectivity index (χ2n) is 4.45. The van der Waals surface area contributed by atoms with E-state index in [-0.39, 0.29) is 5.75 Å². The lowest BCUT2D eigenvalue weighted by Crippen LogP contribution is -2.07. The van der Waals surface area contributed by atoms with Crippen LogP contribution in [0.25, 0.3) is 0 Å². The zero-order valence-corrected chi connectivity index (χ0v) is 12.6. The molecule has 0 aromatic heterocycles. The summed E-state index contributed by atoms with van der Waals surface area (Å²) in [6, 6.07) is 4.13. The quantitative estimate of drug-likeness (QED) is 0.242. The molecule has 0 radical (unpaired) electrons. The number of alkyl halides is 3. The molecular formula is C14H5ClF4N2O4. The summed E-state index contributed by atoms with van der Waals surface area (Å²) in [6.07, 6.45) is -3.74. The van der Waals surface area contributed by atoms with Crippen LogP contribution in [0, 0.1) is 15.9 Å². The van der Waals surface area contributed by atoms with Gasteiger partial charge in [0.1, 0.15) is 5.75 Å². The standard InChI is InChI=1S/C14H5ClF4N2O4/c15-12-8(14(17,18)19)2-4-11(13(12)16)25-7-1-3-10(21(23)24)9(5-7)20-6-22/h1-5H. The summed E-state index contributed by atoms with van der Waals surface area (Å²) in [5.74, 6) is -2.32. The molecule has 0 amide bonds. The van der Waals surface area contributed by atoms with Crippen LogP contribution in [0.15, 0.2) is 35.3 Å². The van der Waals surface area contributed by atoms with Crippen molar-refractivity contribution >= 4 is 29.1 Å². The Morgan fingerprint density at radius 2 is 1.92 bits per heavy atom. The third kappa shape index (κ3) is 3.93. The van der Waals surface area contributed by atoms with Gasteiger partial charge in [0.25, 0.3) is 5.69 Å². The predicted octanol–water partition coefficient (Wildman–Crippen LogP) is 5.17. The number of nitro benzene ring substituents is 1. The van der Waals surface area contributed by atoms with Gasteiger partial charge in [-0.3, -0.25) is 10.1 Å². The number of aliphatic imine (C=N–C) groups is 1. The van der Waals surface area contributed by atoms with Crippen molar-refractivity contribution in [3.63, 3.8) is 0 Å². The summed E-state index contributed by atoms with van der Waals surface area (Å²) in [5, 5.41) is 9.61. The SMILES string of the molecule is O=C=Nc1cc(Oc2ccc(C(F)(F)F)c(Cl)c2F)ccc1[N+](=O)[O-]. The van der Waals surface area contributed by atoms with Gasteiger partial charge in [0.05, 0.1) is 15.5 Å². The van der Waals surface area contributed by atoms with E-state index < -0.39 is 44.6 Å². The molecule has 0 bridgehead atoms. The monoisotopic (exact) mass is 376 g/mol. The van der Waals surface area contributed by atoms with Gasteiger partial charge >= 0.3 is 6.18 Å². The van der Waals surface area contributed by atoms with Crippen LogP contribution in [-0.4, -0.2) is 11.0 Å². The van der Waals surface area contributed by atoms with Crippen LogP contribution in [0.2, 0.25) is 5.02 Å². The van der Waals surface area contributed by atoms with E-state index in [9.17, 15) is 32.5 Å². The van der Waals surface area contributed by atoms with Crippen LogP contribution in [0.1, 0.15) is 5.56 Å². The third-order valence-electron chi connectivity index (χ3n) is 2.89. The first-order chi connectivity index (χ1) is 11.6. The summed E-state index contributed by atoms with van der Waals surface area (Å²) in [6.45, 7) is 0. The Balaban J connectivity index is 2.44. The minimum absolute atomic E-state index is 0.214. The van der Waals surface area contributed by atoms with Gasteiger partial charge in [-0.15, -0.1) is 0 Å². The Morgan fingerprint density at radius 3 is 2.48 bits per heavy atom.